The van der Waals surface area contributed by atoms with Gasteiger partial charge in [-0.25, -0.2) is 4.79 Å². The first-order valence-corrected chi connectivity index (χ1v) is 8.12. The van der Waals surface area contributed by atoms with Crippen LogP contribution in [0.4, 0.5) is 0 Å². The van der Waals surface area contributed by atoms with Gasteiger partial charge in [0.15, 0.2) is 5.76 Å². The van der Waals surface area contributed by atoms with Crippen LogP contribution in [0.3, 0.4) is 0 Å². The van der Waals surface area contributed by atoms with E-state index >= 15 is 0 Å². The van der Waals surface area contributed by atoms with Gasteiger partial charge in [-0.1, -0.05) is 0 Å². The standard InChI is InChI=1S/C21H14O6/c1-24-14-6-4-13(5-7-14)21(23)26-16-8-9-17-18(12-16)27-19(20(17)22)11-15-3-2-10-25-15/h2-12H,1H3. The number of Topliss-reactive ketones (excluding diaryl/α,β-unsaturated/α-hetero) is 1. The highest BCUT2D eigenvalue weighted by molar-refractivity contribution is 6.14. The highest BCUT2D eigenvalue weighted by Gasteiger charge is 2.28. The Bertz CT molecular complexity index is 1030. The summed E-state index contributed by atoms with van der Waals surface area (Å²) in [6.45, 7) is 0. The van der Waals surface area contributed by atoms with Crippen LogP contribution in [0.25, 0.3) is 6.08 Å². The Morgan fingerprint density at radius 3 is 2.52 bits per heavy atom. The lowest BCUT2D eigenvalue weighted by atomic mass is 10.1. The van der Waals surface area contributed by atoms with E-state index < -0.39 is 5.97 Å². The van der Waals surface area contributed by atoms with E-state index in [0.717, 1.165) is 0 Å². The van der Waals surface area contributed by atoms with Gasteiger partial charge in [-0.05, 0) is 48.5 Å². The molecule has 0 unspecified atom stereocenters. The predicted octanol–water partition coefficient (Wildman–Crippen LogP) is 4.12. The van der Waals surface area contributed by atoms with E-state index in [1.54, 1.807) is 55.6 Å². The van der Waals surface area contributed by atoms with Crippen molar-refractivity contribution in [2.75, 3.05) is 7.11 Å². The van der Waals surface area contributed by atoms with Crippen LogP contribution in [0.5, 0.6) is 17.2 Å². The van der Waals surface area contributed by atoms with E-state index in [2.05, 4.69) is 0 Å². The molecule has 2 aromatic carbocycles. The number of hydrogen-bond acceptors (Lipinski definition) is 6. The molecule has 4 rings (SSSR count). The lowest BCUT2D eigenvalue weighted by molar-refractivity contribution is 0.0734. The predicted molar refractivity (Wildman–Crippen MR) is 96.0 cm³/mol. The molecule has 0 fully saturated rings. The number of ketones is 1. The molecular formula is C21H14O6. The number of carbonyl (C=O) groups is 2. The average Bonchev–Trinajstić information content (AvgIpc) is 3.30. The SMILES string of the molecule is COc1ccc(C(=O)Oc2ccc3c(c2)OC(=Cc2ccco2)C3=O)cc1. The average molecular weight is 362 g/mol. The van der Waals surface area contributed by atoms with Gasteiger partial charge in [0.2, 0.25) is 5.78 Å². The Morgan fingerprint density at radius 1 is 1.04 bits per heavy atom. The van der Waals surface area contributed by atoms with Crippen molar-refractivity contribution in [3.8, 4) is 17.2 Å². The van der Waals surface area contributed by atoms with E-state index in [-0.39, 0.29) is 17.3 Å². The monoisotopic (exact) mass is 362 g/mol. The zero-order valence-corrected chi connectivity index (χ0v) is 14.3. The molecule has 3 aromatic rings. The molecule has 0 spiro atoms. The molecule has 0 bridgehead atoms. The highest BCUT2D eigenvalue weighted by atomic mass is 16.5. The fraction of sp³-hybridized carbons (Fsp3) is 0.0476. The van der Waals surface area contributed by atoms with Gasteiger partial charge in [-0.15, -0.1) is 0 Å². The lowest BCUT2D eigenvalue weighted by Crippen LogP contribution is -2.08. The molecule has 6 heteroatoms. The Kier molecular flexibility index (Phi) is 4.22. The number of rotatable bonds is 4. The fourth-order valence-electron chi connectivity index (χ4n) is 2.63. The smallest absolute Gasteiger partial charge is 0.343 e. The second-order valence-electron chi connectivity index (χ2n) is 5.73. The summed E-state index contributed by atoms with van der Waals surface area (Å²) < 4.78 is 21.2. The van der Waals surface area contributed by atoms with Gasteiger partial charge < -0.3 is 18.6 Å². The van der Waals surface area contributed by atoms with Crippen molar-refractivity contribution in [3.05, 3.63) is 83.5 Å². The summed E-state index contributed by atoms with van der Waals surface area (Å²) in [7, 11) is 1.55. The zero-order valence-electron chi connectivity index (χ0n) is 14.3. The van der Waals surface area contributed by atoms with Crippen LogP contribution in [0.15, 0.2) is 71.0 Å². The third-order valence-electron chi connectivity index (χ3n) is 3.99. The molecule has 0 amide bonds. The Morgan fingerprint density at radius 2 is 1.81 bits per heavy atom. The summed E-state index contributed by atoms with van der Waals surface area (Å²) in [6.07, 6.45) is 3.03. The summed E-state index contributed by atoms with van der Waals surface area (Å²) in [6, 6.07) is 14.6. The van der Waals surface area contributed by atoms with E-state index in [9.17, 15) is 9.59 Å². The van der Waals surface area contributed by atoms with Gasteiger partial charge in [-0.2, -0.15) is 0 Å². The molecule has 0 radical (unpaired) electrons. The maximum absolute atomic E-state index is 12.4. The van der Waals surface area contributed by atoms with E-state index in [0.29, 0.717) is 28.4 Å². The van der Waals surface area contributed by atoms with Crippen LogP contribution < -0.4 is 14.2 Å². The van der Waals surface area contributed by atoms with Gasteiger partial charge in [0.05, 0.1) is 24.5 Å². The largest absolute Gasteiger partial charge is 0.497 e. The second kappa shape index (κ2) is 6.84. The van der Waals surface area contributed by atoms with Crippen LogP contribution in [0, 0.1) is 0 Å². The van der Waals surface area contributed by atoms with Gasteiger partial charge in [0, 0.05) is 12.1 Å². The minimum absolute atomic E-state index is 0.151. The first-order chi connectivity index (χ1) is 13.1. The number of esters is 1. The minimum Gasteiger partial charge on any atom is -0.497 e. The number of hydrogen-bond donors (Lipinski definition) is 0. The van der Waals surface area contributed by atoms with Crippen LogP contribution in [-0.2, 0) is 0 Å². The molecule has 1 aliphatic rings. The maximum atomic E-state index is 12.4. The van der Waals surface area contributed by atoms with Crippen molar-refractivity contribution >= 4 is 17.8 Å². The third-order valence-corrected chi connectivity index (χ3v) is 3.99. The quantitative estimate of drug-likeness (QED) is 0.395. The molecule has 27 heavy (non-hydrogen) atoms. The van der Waals surface area contributed by atoms with Crippen molar-refractivity contribution in [2.24, 2.45) is 0 Å². The topological polar surface area (TPSA) is 75.0 Å². The number of methoxy groups -OCH3 is 1. The van der Waals surface area contributed by atoms with Crippen molar-refractivity contribution in [2.45, 2.75) is 0 Å². The van der Waals surface area contributed by atoms with Crippen LogP contribution in [-0.4, -0.2) is 18.9 Å². The minimum atomic E-state index is -0.520. The number of fused-ring (bicyclic) bond motifs is 1. The third kappa shape index (κ3) is 3.32. The van der Waals surface area contributed by atoms with Gasteiger partial charge in [-0.3, -0.25) is 4.79 Å². The van der Waals surface area contributed by atoms with Crippen molar-refractivity contribution in [1.29, 1.82) is 0 Å². The first-order valence-electron chi connectivity index (χ1n) is 8.12. The summed E-state index contributed by atoms with van der Waals surface area (Å²) >= 11 is 0. The number of ether oxygens (including phenoxy) is 3. The molecule has 0 N–H and O–H groups in total. The second-order valence-corrected chi connectivity index (χ2v) is 5.73. The molecule has 1 aliphatic heterocycles. The molecule has 0 atom stereocenters. The molecule has 6 nitrogen and oxygen atoms in total. The molecule has 134 valence electrons. The summed E-state index contributed by atoms with van der Waals surface area (Å²) in [5.41, 5.74) is 0.781. The first kappa shape index (κ1) is 16.7. The number of carbonyl (C=O) groups excluding carboxylic acids is 2. The molecule has 0 saturated carbocycles. The maximum Gasteiger partial charge on any atom is 0.343 e. The Hall–Kier alpha value is -3.80. The normalized spacial score (nSPS) is 14.0. The number of benzene rings is 2. The summed E-state index contributed by atoms with van der Waals surface area (Å²) in [5, 5.41) is 0. The molecule has 0 saturated heterocycles. The van der Waals surface area contributed by atoms with Crippen molar-refractivity contribution in [1.82, 2.24) is 0 Å². The highest BCUT2D eigenvalue weighted by Crippen LogP contribution is 2.35. The van der Waals surface area contributed by atoms with Gasteiger partial charge in [0.25, 0.3) is 0 Å². The van der Waals surface area contributed by atoms with Gasteiger partial charge in [0.1, 0.15) is 23.0 Å². The van der Waals surface area contributed by atoms with Crippen LogP contribution in [0.2, 0.25) is 0 Å². The number of allylic oxidation sites excluding steroid dienone is 1. The van der Waals surface area contributed by atoms with E-state index in [1.807, 2.05) is 0 Å². The van der Waals surface area contributed by atoms with Crippen LogP contribution >= 0.6 is 0 Å². The lowest BCUT2D eigenvalue weighted by Gasteiger charge is -2.06. The summed E-state index contributed by atoms with van der Waals surface area (Å²) in [5.74, 6) is 1.14. The molecule has 1 aromatic heterocycles. The molecule has 2 heterocycles. The zero-order chi connectivity index (χ0) is 18.8. The molecular weight excluding hydrogens is 348 g/mol. The fourth-order valence-corrected chi connectivity index (χ4v) is 2.63. The Balaban J connectivity index is 1.52. The molecule has 0 aliphatic carbocycles. The van der Waals surface area contributed by atoms with E-state index in [4.69, 9.17) is 18.6 Å². The summed E-state index contributed by atoms with van der Waals surface area (Å²) in [4.78, 5) is 24.6. The van der Waals surface area contributed by atoms with Crippen LogP contribution in [0.1, 0.15) is 26.5 Å². The number of furan rings is 1. The van der Waals surface area contributed by atoms with Crippen molar-refractivity contribution < 1.29 is 28.2 Å². The van der Waals surface area contributed by atoms with E-state index in [1.165, 1.54) is 18.4 Å². The Labute approximate surface area is 154 Å². The van der Waals surface area contributed by atoms with Gasteiger partial charge >= 0.3 is 5.97 Å². The van der Waals surface area contributed by atoms with Crippen molar-refractivity contribution in [3.63, 3.8) is 0 Å².